The SMILES string of the molecule is CN(C)C(=O)c1ncnn1[C@H]1O[C@H](COCc2ccccc2)[C@@H](OCc2ccccc2)[C@@H]1OCc1ccccc1. The summed E-state index contributed by atoms with van der Waals surface area (Å²) in [5, 5.41) is 4.38. The monoisotopic (exact) mass is 542 g/mol. The summed E-state index contributed by atoms with van der Waals surface area (Å²) in [6, 6.07) is 29.8. The topological polar surface area (TPSA) is 87.9 Å². The van der Waals surface area contributed by atoms with Gasteiger partial charge in [0.05, 0.1) is 26.4 Å². The highest BCUT2D eigenvalue weighted by Crippen LogP contribution is 2.35. The molecule has 40 heavy (non-hydrogen) atoms. The Kier molecular flexibility index (Phi) is 9.30. The van der Waals surface area contributed by atoms with Crippen LogP contribution >= 0.6 is 0 Å². The molecule has 0 aliphatic carbocycles. The van der Waals surface area contributed by atoms with Crippen LogP contribution in [0.2, 0.25) is 0 Å². The lowest BCUT2D eigenvalue weighted by atomic mass is 10.1. The van der Waals surface area contributed by atoms with E-state index in [0.29, 0.717) is 19.8 Å². The molecule has 0 radical (unpaired) electrons. The highest BCUT2D eigenvalue weighted by atomic mass is 16.6. The lowest BCUT2D eigenvalue weighted by molar-refractivity contribution is -0.0937. The molecule has 208 valence electrons. The van der Waals surface area contributed by atoms with Gasteiger partial charge in [-0.25, -0.2) is 9.67 Å². The average molecular weight is 543 g/mol. The fraction of sp³-hybridized carbons (Fsp3) is 0.323. The van der Waals surface area contributed by atoms with Crippen LogP contribution in [0.4, 0.5) is 0 Å². The molecular formula is C31H34N4O5. The van der Waals surface area contributed by atoms with Crippen LogP contribution in [0.5, 0.6) is 0 Å². The number of ether oxygens (including phenoxy) is 4. The van der Waals surface area contributed by atoms with E-state index in [0.717, 1.165) is 16.7 Å². The Balaban J connectivity index is 1.42. The fourth-order valence-corrected chi connectivity index (χ4v) is 4.61. The molecular weight excluding hydrogens is 508 g/mol. The molecule has 1 aliphatic rings. The van der Waals surface area contributed by atoms with Crippen LogP contribution in [0.15, 0.2) is 97.3 Å². The molecule has 0 unspecified atom stereocenters. The van der Waals surface area contributed by atoms with Gasteiger partial charge in [0.25, 0.3) is 5.91 Å². The van der Waals surface area contributed by atoms with E-state index >= 15 is 0 Å². The fourth-order valence-electron chi connectivity index (χ4n) is 4.61. The van der Waals surface area contributed by atoms with Crippen molar-refractivity contribution in [1.29, 1.82) is 0 Å². The molecule has 1 aliphatic heterocycles. The highest BCUT2D eigenvalue weighted by Gasteiger charge is 2.49. The van der Waals surface area contributed by atoms with E-state index < -0.39 is 24.5 Å². The van der Waals surface area contributed by atoms with E-state index in [4.69, 9.17) is 18.9 Å². The molecule has 2 heterocycles. The molecule has 4 atom stereocenters. The van der Waals surface area contributed by atoms with Crippen LogP contribution in [0, 0.1) is 0 Å². The molecule has 9 heteroatoms. The Hall–Kier alpha value is -3.89. The molecule has 1 saturated heterocycles. The maximum absolute atomic E-state index is 12.9. The minimum absolute atomic E-state index is 0.163. The lowest BCUT2D eigenvalue weighted by Crippen LogP contribution is -2.39. The zero-order chi connectivity index (χ0) is 27.7. The van der Waals surface area contributed by atoms with Gasteiger partial charge in [-0.2, -0.15) is 5.10 Å². The normalized spacial score (nSPS) is 20.4. The van der Waals surface area contributed by atoms with Crippen molar-refractivity contribution in [2.75, 3.05) is 20.7 Å². The second-order valence-electron chi connectivity index (χ2n) is 9.82. The Bertz CT molecular complexity index is 1330. The summed E-state index contributed by atoms with van der Waals surface area (Å²) in [7, 11) is 3.35. The van der Waals surface area contributed by atoms with Crippen molar-refractivity contribution in [2.45, 2.75) is 44.4 Å². The number of hydrogen-bond donors (Lipinski definition) is 0. The quantitative estimate of drug-likeness (QED) is 0.264. The third-order valence-electron chi connectivity index (χ3n) is 6.66. The van der Waals surface area contributed by atoms with Gasteiger partial charge < -0.3 is 23.8 Å². The van der Waals surface area contributed by atoms with Gasteiger partial charge in [-0.05, 0) is 16.7 Å². The summed E-state index contributed by atoms with van der Waals surface area (Å²) < 4.78 is 27.1. The first kappa shape index (κ1) is 27.7. The minimum atomic E-state index is -0.754. The highest BCUT2D eigenvalue weighted by molar-refractivity contribution is 5.90. The van der Waals surface area contributed by atoms with Crippen LogP contribution in [0.1, 0.15) is 33.5 Å². The zero-order valence-electron chi connectivity index (χ0n) is 22.7. The van der Waals surface area contributed by atoms with Gasteiger partial charge >= 0.3 is 0 Å². The second-order valence-corrected chi connectivity index (χ2v) is 9.82. The van der Waals surface area contributed by atoms with Crippen LogP contribution in [0.3, 0.4) is 0 Å². The van der Waals surface area contributed by atoms with Crippen LogP contribution in [-0.4, -0.2) is 64.6 Å². The molecule has 3 aromatic carbocycles. The van der Waals surface area contributed by atoms with E-state index in [-0.39, 0.29) is 18.3 Å². The number of amides is 1. The number of carbonyl (C=O) groups is 1. The Morgan fingerprint density at radius 3 is 1.88 bits per heavy atom. The molecule has 5 rings (SSSR count). The van der Waals surface area contributed by atoms with Crippen molar-refractivity contribution >= 4 is 5.91 Å². The van der Waals surface area contributed by atoms with Crippen molar-refractivity contribution in [3.63, 3.8) is 0 Å². The maximum Gasteiger partial charge on any atom is 0.290 e. The first-order valence-corrected chi connectivity index (χ1v) is 13.3. The Morgan fingerprint density at radius 1 is 0.800 bits per heavy atom. The largest absolute Gasteiger partial charge is 0.374 e. The zero-order valence-corrected chi connectivity index (χ0v) is 22.7. The second kappa shape index (κ2) is 13.5. The number of nitrogens with zero attached hydrogens (tertiary/aromatic N) is 4. The molecule has 0 saturated carbocycles. The van der Waals surface area contributed by atoms with E-state index in [1.54, 1.807) is 14.1 Å². The van der Waals surface area contributed by atoms with E-state index in [1.165, 1.54) is 15.9 Å². The molecule has 0 spiro atoms. The van der Waals surface area contributed by atoms with Gasteiger partial charge in [0.15, 0.2) is 6.23 Å². The predicted molar refractivity (Wildman–Crippen MR) is 148 cm³/mol. The molecule has 0 N–H and O–H groups in total. The predicted octanol–water partition coefficient (Wildman–Crippen LogP) is 4.26. The summed E-state index contributed by atoms with van der Waals surface area (Å²) in [4.78, 5) is 18.6. The number of hydrogen-bond acceptors (Lipinski definition) is 7. The molecule has 0 bridgehead atoms. The summed E-state index contributed by atoms with van der Waals surface area (Å²) >= 11 is 0. The summed E-state index contributed by atoms with van der Waals surface area (Å²) in [5.41, 5.74) is 3.10. The molecule has 9 nitrogen and oxygen atoms in total. The van der Waals surface area contributed by atoms with Crippen LogP contribution in [-0.2, 0) is 38.8 Å². The van der Waals surface area contributed by atoms with Crippen molar-refractivity contribution in [1.82, 2.24) is 19.7 Å². The van der Waals surface area contributed by atoms with Crippen LogP contribution in [0.25, 0.3) is 0 Å². The Morgan fingerprint density at radius 2 is 1.32 bits per heavy atom. The maximum atomic E-state index is 12.9. The van der Waals surface area contributed by atoms with E-state index in [9.17, 15) is 4.79 Å². The first-order valence-electron chi connectivity index (χ1n) is 13.3. The van der Waals surface area contributed by atoms with Crippen LogP contribution < -0.4 is 0 Å². The average Bonchev–Trinajstić information content (AvgIpc) is 3.61. The smallest absolute Gasteiger partial charge is 0.290 e. The van der Waals surface area contributed by atoms with Gasteiger partial charge in [-0.3, -0.25) is 4.79 Å². The summed E-state index contributed by atoms with van der Waals surface area (Å²) in [6.45, 7) is 1.39. The van der Waals surface area contributed by atoms with Crippen molar-refractivity contribution in [2.24, 2.45) is 0 Å². The van der Waals surface area contributed by atoms with Gasteiger partial charge in [0.2, 0.25) is 5.82 Å². The van der Waals surface area contributed by atoms with E-state index in [1.807, 2.05) is 91.0 Å². The van der Waals surface area contributed by atoms with Gasteiger partial charge in [-0.1, -0.05) is 91.0 Å². The van der Waals surface area contributed by atoms with Crippen molar-refractivity contribution in [3.8, 4) is 0 Å². The van der Waals surface area contributed by atoms with E-state index in [2.05, 4.69) is 10.1 Å². The van der Waals surface area contributed by atoms with Gasteiger partial charge in [0.1, 0.15) is 24.6 Å². The van der Waals surface area contributed by atoms with Gasteiger partial charge in [0, 0.05) is 14.1 Å². The van der Waals surface area contributed by atoms with Crippen molar-refractivity contribution in [3.05, 3.63) is 120 Å². The standard InChI is InChI=1S/C31H34N4O5/c1-34(2)30(36)29-32-22-33-35(29)31-28(39-20-25-16-10-5-11-17-25)27(38-19-24-14-8-4-9-15-24)26(40-31)21-37-18-23-12-6-3-7-13-23/h3-17,22,26-28,31H,18-21H2,1-2H3/t26-,27-,28+,31+/m1/s1. The number of benzene rings is 3. The number of aromatic nitrogens is 3. The first-order chi connectivity index (χ1) is 19.6. The van der Waals surface area contributed by atoms with Gasteiger partial charge in [-0.15, -0.1) is 0 Å². The molecule has 1 fully saturated rings. The molecule has 1 aromatic heterocycles. The number of rotatable bonds is 12. The Labute approximate surface area is 234 Å². The molecule has 4 aromatic rings. The lowest BCUT2D eigenvalue weighted by Gasteiger charge is -2.25. The number of carbonyl (C=O) groups excluding carboxylic acids is 1. The van der Waals surface area contributed by atoms with Crippen molar-refractivity contribution < 1.29 is 23.7 Å². The minimum Gasteiger partial charge on any atom is -0.374 e. The third kappa shape index (κ3) is 6.81. The summed E-state index contributed by atoms with van der Waals surface area (Å²) in [5.74, 6) is -0.121. The molecule has 1 amide bonds. The third-order valence-corrected chi connectivity index (χ3v) is 6.66. The summed E-state index contributed by atoms with van der Waals surface area (Å²) in [6.07, 6.45) is -0.977.